The monoisotopic (exact) mass is 161 g/mol. The molecule has 1 heterocycles. The Balaban J connectivity index is 2.72. The maximum absolute atomic E-state index is 5.58. The minimum absolute atomic E-state index is 0.532. The van der Waals surface area contributed by atoms with Crippen molar-refractivity contribution in [2.75, 3.05) is 0 Å². The van der Waals surface area contributed by atoms with E-state index in [1.165, 1.54) is 11.1 Å². The van der Waals surface area contributed by atoms with Crippen LogP contribution in [0.2, 0.25) is 0 Å². The highest BCUT2D eigenvalue weighted by Gasteiger charge is 2.10. The van der Waals surface area contributed by atoms with Crippen LogP contribution in [-0.4, -0.2) is 9.97 Å². The van der Waals surface area contributed by atoms with Gasteiger partial charge in [-0.25, -0.2) is 4.98 Å². The molecule has 3 N–H and O–H groups in total. The third kappa shape index (κ3) is 0.905. The van der Waals surface area contributed by atoms with E-state index in [4.69, 9.17) is 5.73 Å². The number of aryl methyl sites for hydroxylation is 1. The molecule has 0 saturated heterocycles. The third-order valence-electron chi connectivity index (χ3n) is 2.09. The van der Waals surface area contributed by atoms with E-state index in [1.54, 1.807) is 6.33 Å². The first-order chi connectivity index (χ1) is 5.83. The maximum Gasteiger partial charge on any atom is 0.0928 e. The smallest absolute Gasteiger partial charge is 0.0928 e. The molecule has 0 atom stereocenters. The van der Waals surface area contributed by atoms with Gasteiger partial charge in [0.15, 0.2) is 0 Å². The van der Waals surface area contributed by atoms with Gasteiger partial charge in [-0.2, -0.15) is 0 Å². The summed E-state index contributed by atoms with van der Waals surface area (Å²) in [5.74, 6) is 0. The number of hydrogen-bond acceptors (Lipinski definition) is 2. The number of fused-ring (bicyclic) bond motifs is 1. The van der Waals surface area contributed by atoms with Gasteiger partial charge in [-0.3, -0.25) is 0 Å². The van der Waals surface area contributed by atoms with Gasteiger partial charge in [0, 0.05) is 17.8 Å². The summed E-state index contributed by atoms with van der Waals surface area (Å²) in [6.07, 6.45) is 1.68. The molecule has 12 heavy (non-hydrogen) atoms. The van der Waals surface area contributed by atoms with Gasteiger partial charge in [-0.05, 0) is 18.6 Å². The molecule has 0 aromatic carbocycles. The van der Waals surface area contributed by atoms with E-state index in [0.717, 1.165) is 11.4 Å². The predicted molar refractivity (Wildman–Crippen MR) is 47.8 cm³/mol. The van der Waals surface area contributed by atoms with E-state index in [2.05, 4.69) is 23.0 Å². The van der Waals surface area contributed by atoms with Gasteiger partial charge in [-0.15, -0.1) is 0 Å². The second kappa shape index (κ2) is 2.60. The summed E-state index contributed by atoms with van der Waals surface area (Å²) in [7, 11) is 0. The second-order valence-electron chi connectivity index (χ2n) is 2.86. The lowest BCUT2D eigenvalue weighted by atomic mass is 10.1. The molecule has 0 fully saturated rings. The lowest BCUT2D eigenvalue weighted by Crippen LogP contribution is -2.03. The number of nitrogens with zero attached hydrogens (tertiary/aromatic N) is 1. The average Bonchev–Trinajstić information content (AvgIpc) is 2.48. The Morgan fingerprint density at radius 3 is 3.08 bits per heavy atom. The summed E-state index contributed by atoms with van der Waals surface area (Å²) in [5, 5.41) is 0. The van der Waals surface area contributed by atoms with Crippen molar-refractivity contribution in [2.45, 2.75) is 13.5 Å². The standard InChI is InChI=1S/C9H11N3/c1-6-2-3-7-9(6)8(4-10)12-5-11-7/h2-3,5H,4,10H2,1H3,(H,11,12). The Hall–Kier alpha value is -1.35. The largest absolute Gasteiger partial charge is 0.348 e. The third-order valence-corrected chi connectivity index (χ3v) is 2.09. The first kappa shape index (κ1) is 7.31. The second-order valence-corrected chi connectivity index (χ2v) is 2.86. The van der Waals surface area contributed by atoms with Crippen molar-refractivity contribution in [3.8, 4) is 11.3 Å². The van der Waals surface area contributed by atoms with Crippen LogP contribution >= 0.6 is 0 Å². The van der Waals surface area contributed by atoms with Crippen molar-refractivity contribution in [2.24, 2.45) is 5.73 Å². The van der Waals surface area contributed by atoms with Gasteiger partial charge in [0.2, 0.25) is 0 Å². The summed E-state index contributed by atoms with van der Waals surface area (Å²) >= 11 is 0. The molecule has 0 bridgehead atoms. The van der Waals surface area contributed by atoms with Crippen LogP contribution in [0.25, 0.3) is 11.3 Å². The Morgan fingerprint density at radius 2 is 2.33 bits per heavy atom. The van der Waals surface area contributed by atoms with Crippen molar-refractivity contribution >= 4 is 0 Å². The van der Waals surface area contributed by atoms with Crippen LogP contribution in [0.1, 0.15) is 11.3 Å². The molecule has 0 amide bonds. The summed E-state index contributed by atoms with van der Waals surface area (Å²) < 4.78 is 0. The molecular weight excluding hydrogens is 150 g/mol. The molecule has 0 aromatic rings. The molecule has 0 radical (unpaired) electrons. The molecule has 0 unspecified atom stereocenters. The van der Waals surface area contributed by atoms with Crippen LogP contribution in [0.3, 0.4) is 0 Å². The predicted octanol–water partition coefficient (Wildman–Crippen LogP) is 1.28. The summed E-state index contributed by atoms with van der Waals surface area (Å²) in [6, 6.07) is 4.07. The number of aromatic nitrogens is 2. The van der Waals surface area contributed by atoms with Gasteiger partial charge in [-0.1, -0.05) is 6.07 Å². The van der Waals surface area contributed by atoms with E-state index >= 15 is 0 Å². The average molecular weight is 161 g/mol. The SMILES string of the molecule is Cc1ccc2nc[nH]c(CN)c1-2. The Morgan fingerprint density at radius 1 is 1.50 bits per heavy atom. The zero-order valence-corrected chi connectivity index (χ0v) is 6.96. The molecule has 1 aliphatic carbocycles. The van der Waals surface area contributed by atoms with Crippen LogP contribution < -0.4 is 5.73 Å². The van der Waals surface area contributed by atoms with Crippen molar-refractivity contribution in [1.82, 2.24) is 9.97 Å². The molecule has 0 spiro atoms. The van der Waals surface area contributed by atoms with Gasteiger partial charge < -0.3 is 10.7 Å². The Labute approximate surface area is 71.0 Å². The summed E-state index contributed by atoms with van der Waals surface area (Å²) in [6.45, 7) is 2.60. The van der Waals surface area contributed by atoms with Gasteiger partial charge in [0.1, 0.15) is 0 Å². The first-order valence-electron chi connectivity index (χ1n) is 3.94. The molecule has 1 aliphatic heterocycles. The highest BCUT2D eigenvalue weighted by molar-refractivity contribution is 5.69. The highest BCUT2D eigenvalue weighted by atomic mass is 14.9. The molecule has 62 valence electrons. The molecule has 2 aliphatic rings. The van der Waals surface area contributed by atoms with E-state index in [-0.39, 0.29) is 0 Å². The fraction of sp³-hybridized carbons (Fsp3) is 0.222. The summed E-state index contributed by atoms with van der Waals surface area (Å²) in [5.41, 5.74) is 10.1. The number of aromatic amines is 1. The molecule has 0 aromatic heterocycles. The van der Waals surface area contributed by atoms with Crippen molar-refractivity contribution in [3.05, 3.63) is 29.7 Å². The summed E-state index contributed by atoms with van der Waals surface area (Å²) in [4.78, 5) is 7.25. The van der Waals surface area contributed by atoms with Crippen molar-refractivity contribution < 1.29 is 0 Å². The molecule has 0 saturated carbocycles. The van der Waals surface area contributed by atoms with Crippen LogP contribution in [0, 0.1) is 6.92 Å². The van der Waals surface area contributed by atoms with Crippen LogP contribution in [-0.2, 0) is 6.54 Å². The zero-order valence-electron chi connectivity index (χ0n) is 6.96. The Bertz CT molecular complexity index is 364. The number of rotatable bonds is 1. The number of H-pyrrole nitrogens is 1. The van der Waals surface area contributed by atoms with Gasteiger partial charge >= 0.3 is 0 Å². The van der Waals surface area contributed by atoms with E-state index < -0.39 is 0 Å². The van der Waals surface area contributed by atoms with E-state index in [1.807, 2.05) is 6.07 Å². The lowest BCUT2D eigenvalue weighted by Gasteiger charge is -2.05. The number of nitrogens with one attached hydrogen (secondary N) is 1. The van der Waals surface area contributed by atoms with Crippen molar-refractivity contribution in [1.29, 1.82) is 0 Å². The van der Waals surface area contributed by atoms with Gasteiger partial charge in [0.05, 0.1) is 12.0 Å². The molecule has 2 rings (SSSR count). The van der Waals surface area contributed by atoms with Crippen molar-refractivity contribution in [3.63, 3.8) is 0 Å². The fourth-order valence-electron chi connectivity index (χ4n) is 1.49. The quantitative estimate of drug-likeness (QED) is 0.662. The minimum Gasteiger partial charge on any atom is -0.348 e. The lowest BCUT2D eigenvalue weighted by molar-refractivity contribution is 0.966. The van der Waals surface area contributed by atoms with Crippen LogP contribution in [0.5, 0.6) is 0 Å². The maximum atomic E-state index is 5.58. The normalized spacial score (nSPS) is 10.8. The highest BCUT2D eigenvalue weighted by Crippen LogP contribution is 2.26. The first-order valence-corrected chi connectivity index (χ1v) is 3.94. The molecule has 3 nitrogen and oxygen atoms in total. The fourth-order valence-corrected chi connectivity index (χ4v) is 1.49. The van der Waals surface area contributed by atoms with Crippen LogP contribution in [0.15, 0.2) is 18.5 Å². The molecule has 3 heteroatoms. The van der Waals surface area contributed by atoms with E-state index in [0.29, 0.717) is 6.54 Å². The minimum atomic E-state index is 0.532. The van der Waals surface area contributed by atoms with Gasteiger partial charge in [0.25, 0.3) is 0 Å². The van der Waals surface area contributed by atoms with E-state index in [9.17, 15) is 0 Å². The topological polar surface area (TPSA) is 54.7 Å². The Kier molecular flexibility index (Phi) is 1.59. The number of hydrogen-bond donors (Lipinski definition) is 2. The van der Waals surface area contributed by atoms with Crippen LogP contribution in [0.4, 0.5) is 0 Å². The molecular formula is C9H11N3. The number of nitrogens with two attached hydrogens (primary N) is 1. The zero-order chi connectivity index (χ0) is 8.55.